The van der Waals surface area contributed by atoms with Crippen molar-refractivity contribution in [2.75, 3.05) is 4.90 Å². The second-order valence-electron chi connectivity index (χ2n) is 22.3. The predicted molar refractivity (Wildman–Crippen MR) is 333 cm³/mol. The van der Waals surface area contributed by atoms with E-state index >= 15 is 0 Å². The van der Waals surface area contributed by atoms with E-state index in [0.717, 1.165) is 17.1 Å². The van der Waals surface area contributed by atoms with Crippen molar-refractivity contribution in [1.29, 1.82) is 0 Å². The Morgan fingerprint density at radius 1 is 0.269 bits per heavy atom. The van der Waals surface area contributed by atoms with Crippen LogP contribution in [0.15, 0.2) is 279 Å². The van der Waals surface area contributed by atoms with Gasteiger partial charge in [-0.2, -0.15) is 0 Å². The molecule has 1 aliphatic carbocycles. The van der Waals surface area contributed by atoms with Crippen LogP contribution in [0, 0.1) is 0 Å². The van der Waals surface area contributed by atoms with E-state index in [-0.39, 0.29) is 5.41 Å². The number of benzene rings is 14. The van der Waals surface area contributed by atoms with Gasteiger partial charge in [0.1, 0.15) is 0 Å². The lowest BCUT2D eigenvalue weighted by atomic mass is 9.67. The first-order chi connectivity index (χ1) is 38.3. The maximum absolute atomic E-state index is 2.51. The van der Waals surface area contributed by atoms with E-state index in [9.17, 15) is 0 Å². The molecule has 368 valence electrons. The van der Waals surface area contributed by atoms with Gasteiger partial charge in [0.05, 0.1) is 5.41 Å². The monoisotopic (exact) mass is 993 g/mol. The fourth-order valence-electron chi connectivity index (χ4n) is 13.5. The molecule has 0 heterocycles. The quantitative estimate of drug-likeness (QED) is 0.114. The average molecular weight is 994 g/mol. The third-order valence-electron chi connectivity index (χ3n) is 17.0. The molecule has 0 saturated carbocycles. The standard InChI is InChI=1S/C77H55N/c1-76(2,3)52-38-40-55(41-39-52)78(57-42-44-65-64-34-20-21-37-72(64)77(73(65)49-57,53-24-6-4-7-25-53)54-26-8-5-9-27-54)56-43-45-68-71(48-56)75(70-47-51-23-11-13-29-59(51)61-31-15-17-33-63(61)70)67-36-19-18-35-66(67)74(68)69-46-50-22-10-12-28-58(50)60-30-14-16-32-62(60)69/h4-49H,1-3H3. The van der Waals surface area contributed by atoms with E-state index in [1.807, 2.05) is 0 Å². The molecule has 0 bridgehead atoms. The van der Waals surface area contributed by atoms with Gasteiger partial charge in [-0.1, -0.05) is 251 Å². The average Bonchev–Trinajstić information content (AvgIpc) is 3.61. The van der Waals surface area contributed by atoms with Crippen molar-refractivity contribution in [2.45, 2.75) is 31.6 Å². The van der Waals surface area contributed by atoms with Gasteiger partial charge in [0.2, 0.25) is 0 Å². The van der Waals surface area contributed by atoms with E-state index in [1.165, 1.54) is 126 Å². The van der Waals surface area contributed by atoms with Crippen LogP contribution in [0.4, 0.5) is 17.1 Å². The van der Waals surface area contributed by atoms with E-state index in [4.69, 9.17) is 0 Å². The molecule has 1 aliphatic rings. The summed E-state index contributed by atoms with van der Waals surface area (Å²) in [6, 6.07) is 105. The first-order valence-corrected chi connectivity index (χ1v) is 27.4. The molecular formula is C77H55N. The van der Waals surface area contributed by atoms with Gasteiger partial charge in [0.15, 0.2) is 0 Å². The van der Waals surface area contributed by atoms with Gasteiger partial charge in [-0.3, -0.25) is 0 Å². The van der Waals surface area contributed by atoms with Gasteiger partial charge < -0.3 is 4.90 Å². The number of hydrogen-bond donors (Lipinski definition) is 0. The lowest BCUT2D eigenvalue weighted by Crippen LogP contribution is -2.28. The summed E-state index contributed by atoms with van der Waals surface area (Å²) in [7, 11) is 0. The highest BCUT2D eigenvalue weighted by Crippen LogP contribution is 2.58. The van der Waals surface area contributed by atoms with Gasteiger partial charge in [-0.25, -0.2) is 0 Å². The van der Waals surface area contributed by atoms with Crippen LogP contribution in [0.3, 0.4) is 0 Å². The Kier molecular flexibility index (Phi) is 10.4. The Hall–Kier alpha value is -9.56. The maximum atomic E-state index is 2.51. The largest absolute Gasteiger partial charge is 0.310 e. The molecule has 1 nitrogen and oxygen atoms in total. The highest BCUT2D eigenvalue weighted by molar-refractivity contribution is 6.28. The van der Waals surface area contributed by atoms with Crippen molar-refractivity contribution >= 4 is 81.7 Å². The minimum atomic E-state index is -0.559. The molecule has 1 heteroatoms. The summed E-state index contributed by atoms with van der Waals surface area (Å²) >= 11 is 0. The van der Waals surface area contributed by atoms with E-state index in [0.29, 0.717) is 0 Å². The van der Waals surface area contributed by atoms with Crippen LogP contribution in [-0.4, -0.2) is 0 Å². The summed E-state index contributed by atoms with van der Waals surface area (Å²) in [5.41, 5.74) is 16.5. The molecule has 0 N–H and O–H groups in total. The Labute approximate surface area is 455 Å². The Bertz CT molecular complexity index is 4660. The zero-order valence-electron chi connectivity index (χ0n) is 44.0. The number of fused-ring (bicyclic) bond motifs is 11. The molecule has 14 aromatic rings. The molecule has 15 rings (SSSR count). The number of hydrogen-bond acceptors (Lipinski definition) is 1. The van der Waals surface area contributed by atoms with E-state index in [2.05, 4.69) is 305 Å². The van der Waals surface area contributed by atoms with E-state index in [1.54, 1.807) is 0 Å². The smallest absolute Gasteiger partial charge is 0.0714 e. The zero-order chi connectivity index (χ0) is 52.1. The first-order valence-electron chi connectivity index (χ1n) is 27.4. The van der Waals surface area contributed by atoms with Gasteiger partial charge in [0, 0.05) is 17.1 Å². The molecular weight excluding hydrogens is 939 g/mol. The molecule has 0 radical (unpaired) electrons. The summed E-state index contributed by atoms with van der Waals surface area (Å²) in [5.74, 6) is 0. The molecule has 0 aliphatic heterocycles. The maximum Gasteiger partial charge on any atom is 0.0714 e. The molecule has 0 atom stereocenters. The summed E-state index contributed by atoms with van der Waals surface area (Å²) in [5, 5.41) is 14.9. The van der Waals surface area contributed by atoms with Gasteiger partial charge >= 0.3 is 0 Å². The Balaban J connectivity index is 1.07. The summed E-state index contributed by atoms with van der Waals surface area (Å²) in [6.45, 7) is 6.89. The highest BCUT2D eigenvalue weighted by Gasteiger charge is 2.46. The van der Waals surface area contributed by atoms with Crippen molar-refractivity contribution in [2.24, 2.45) is 0 Å². The lowest BCUT2D eigenvalue weighted by Gasteiger charge is -2.35. The number of rotatable bonds is 7. The normalized spacial score (nSPS) is 12.9. The van der Waals surface area contributed by atoms with Crippen LogP contribution in [0.5, 0.6) is 0 Å². The third-order valence-corrected chi connectivity index (χ3v) is 17.0. The van der Waals surface area contributed by atoms with Crippen molar-refractivity contribution in [3.05, 3.63) is 307 Å². The summed E-state index contributed by atoms with van der Waals surface area (Å²) < 4.78 is 0. The first kappa shape index (κ1) is 45.8. The van der Waals surface area contributed by atoms with Crippen LogP contribution >= 0.6 is 0 Å². The summed E-state index contributed by atoms with van der Waals surface area (Å²) in [6.07, 6.45) is 0. The van der Waals surface area contributed by atoms with Crippen molar-refractivity contribution in [3.8, 4) is 33.4 Å². The van der Waals surface area contributed by atoms with E-state index < -0.39 is 5.41 Å². The summed E-state index contributed by atoms with van der Waals surface area (Å²) in [4.78, 5) is 2.51. The molecule has 0 fully saturated rings. The zero-order valence-corrected chi connectivity index (χ0v) is 44.0. The fourth-order valence-corrected chi connectivity index (χ4v) is 13.5. The number of nitrogens with zero attached hydrogens (tertiary/aromatic N) is 1. The lowest BCUT2D eigenvalue weighted by molar-refractivity contribution is 0.590. The topological polar surface area (TPSA) is 3.24 Å². The highest BCUT2D eigenvalue weighted by atomic mass is 15.1. The second kappa shape index (κ2) is 17.8. The van der Waals surface area contributed by atoms with Crippen molar-refractivity contribution < 1.29 is 0 Å². The fraction of sp³-hybridized carbons (Fsp3) is 0.0649. The molecule has 14 aromatic carbocycles. The second-order valence-corrected chi connectivity index (χ2v) is 22.3. The van der Waals surface area contributed by atoms with Crippen LogP contribution < -0.4 is 4.90 Å². The molecule has 0 amide bonds. The molecule has 78 heavy (non-hydrogen) atoms. The number of anilines is 3. The SMILES string of the molecule is CC(C)(C)c1ccc(N(c2ccc3c(c2)C(c2ccccc2)(c2ccccc2)c2ccccc2-3)c2ccc3c(-c4cc5ccccc5c5ccccc45)c4ccccc4c(-c4cc5ccccc5c5ccccc45)c3c2)cc1. The van der Waals surface area contributed by atoms with Crippen LogP contribution in [0.25, 0.3) is 98.0 Å². The van der Waals surface area contributed by atoms with Crippen molar-refractivity contribution in [1.82, 2.24) is 0 Å². The van der Waals surface area contributed by atoms with Crippen LogP contribution in [-0.2, 0) is 10.8 Å². The molecule has 0 spiro atoms. The van der Waals surface area contributed by atoms with Crippen LogP contribution in [0.2, 0.25) is 0 Å². The Morgan fingerprint density at radius 2 is 0.679 bits per heavy atom. The van der Waals surface area contributed by atoms with Gasteiger partial charge in [0.25, 0.3) is 0 Å². The minimum absolute atomic E-state index is 0.0153. The Morgan fingerprint density at radius 3 is 1.24 bits per heavy atom. The minimum Gasteiger partial charge on any atom is -0.310 e. The van der Waals surface area contributed by atoms with Crippen molar-refractivity contribution in [3.63, 3.8) is 0 Å². The predicted octanol–water partition coefficient (Wildman–Crippen LogP) is 21.1. The molecule has 0 aromatic heterocycles. The molecule has 0 unspecified atom stereocenters. The molecule has 0 saturated heterocycles. The van der Waals surface area contributed by atoms with Crippen LogP contribution in [0.1, 0.15) is 48.6 Å². The third kappa shape index (κ3) is 6.94. The van der Waals surface area contributed by atoms with Gasteiger partial charge in [-0.05, 0) is 180 Å². The van der Waals surface area contributed by atoms with Gasteiger partial charge in [-0.15, -0.1) is 0 Å².